The summed E-state index contributed by atoms with van der Waals surface area (Å²) in [4.78, 5) is 38.2. The van der Waals surface area contributed by atoms with Crippen LogP contribution in [0, 0.1) is 5.92 Å². The first-order valence-electron chi connectivity index (χ1n) is 8.38. The van der Waals surface area contributed by atoms with Crippen LogP contribution in [0.2, 0.25) is 5.02 Å². The van der Waals surface area contributed by atoms with Crippen molar-refractivity contribution in [2.24, 2.45) is 5.92 Å². The van der Waals surface area contributed by atoms with Gasteiger partial charge in [-0.15, -0.1) is 0 Å². The number of carboxylic acids is 1. The number of benzene rings is 2. The van der Waals surface area contributed by atoms with Gasteiger partial charge in [0.2, 0.25) is 0 Å². The van der Waals surface area contributed by atoms with Gasteiger partial charge in [0.15, 0.2) is 5.78 Å². The van der Waals surface area contributed by atoms with Crippen LogP contribution in [0.4, 0.5) is 0 Å². The summed E-state index contributed by atoms with van der Waals surface area (Å²) in [5.74, 6) is -1.52. The highest BCUT2D eigenvalue weighted by atomic mass is 35.5. The van der Waals surface area contributed by atoms with Gasteiger partial charge in [-0.1, -0.05) is 23.7 Å². The lowest BCUT2D eigenvalue weighted by molar-refractivity contribution is 0.0632. The number of rotatable bonds is 4. The Labute approximate surface area is 156 Å². The Morgan fingerprint density at radius 1 is 0.923 bits per heavy atom. The van der Waals surface area contributed by atoms with Crippen molar-refractivity contribution >= 4 is 29.3 Å². The van der Waals surface area contributed by atoms with E-state index in [9.17, 15) is 19.5 Å². The summed E-state index contributed by atoms with van der Waals surface area (Å²) in [5.41, 5.74) is 0.801. The molecule has 1 fully saturated rings. The molecule has 1 aliphatic heterocycles. The zero-order chi connectivity index (χ0) is 18.7. The maximum atomic E-state index is 12.7. The molecule has 0 unspecified atom stereocenters. The van der Waals surface area contributed by atoms with Gasteiger partial charge in [-0.2, -0.15) is 0 Å². The van der Waals surface area contributed by atoms with E-state index in [0.717, 1.165) is 0 Å². The minimum absolute atomic E-state index is 0.00290. The van der Waals surface area contributed by atoms with E-state index in [4.69, 9.17) is 11.6 Å². The van der Waals surface area contributed by atoms with E-state index in [0.29, 0.717) is 36.5 Å². The Morgan fingerprint density at radius 3 is 2.08 bits per heavy atom. The molecule has 3 rings (SSSR count). The number of nitrogens with zero attached hydrogens (tertiary/aromatic N) is 1. The predicted octanol–water partition coefficient (Wildman–Crippen LogP) is 3.77. The zero-order valence-corrected chi connectivity index (χ0v) is 14.8. The number of carbonyl (C=O) groups excluding carboxylic acids is 2. The number of hydrogen-bond donors (Lipinski definition) is 1. The van der Waals surface area contributed by atoms with Gasteiger partial charge < -0.3 is 10.0 Å². The van der Waals surface area contributed by atoms with E-state index in [-0.39, 0.29) is 28.7 Å². The molecule has 1 amide bonds. The summed E-state index contributed by atoms with van der Waals surface area (Å²) in [6.45, 7) is 0.855. The van der Waals surface area contributed by atoms with E-state index in [1.165, 1.54) is 12.1 Å². The van der Waals surface area contributed by atoms with Gasteiger partial charge in [0.05, 0.1) is 11.1 Å². The Bertz CT molecular complexity index is 839. The number of carbonyl (C=O) groups is 3. The number of likely N-dealkylation sites (tertiary alicyclic amines) is 1. The third-order valence-corrected chi connectivity index (χ3v) is 4.92. The molecule has 26 heavy (non-hydrogen) atoms. The van der Waals surface area contributed by atoms with Crippen LogP contribution in [0.5, 0.6) is 0 Å². The van der Waals surface area contributed by atoms with Crippen LogP contribution < -0.4 is 0 Å². The van der Waals surface area contributed by atoms with Gasteiger partial charge in [0.1, 0.15) is 0 Å². The first-order chi connectivity index (χ1) is 12.5. The molecule has 134 valence electrons. The topological polar surface area (TPSA) is 74.7 Å². The summed E-state index contributed by atoms with van der Waals surface area (Å²) in [6, 6.07) is 13.0. The largest absolute Gasteiger partial charge is 0.478 e. The predicted molar refractivity (Wildman–Crippen MR) is 97.8 cm³/mol. The second-order valence-corrected chi connectivity index (χ2v) is 6.72. The van der Waals surface area contributed by atoms with Gasteiger partial charge in [-0.25, -0.2) is 4.79 Å². The molecule has 5 nitrogen and oxygen atoms in total. The van der Waals surface area contributed by atoms with Crippen molar-refractivity contribution in [2.45, 2.75) is 12.8 Å². The van der Waals surface area contributed by atoms with Crippen molar-refractivity contribution in [1.29, 1.82) is 0 Å². The molecule has 0 saturated carbocycles. The molecule has 0 radical (unpaired) electrons. The molecule has 1 N–H and O–H groups in total. The second-order valence-electron chi connectivity index (χ2n) is 6.29. The maximum Gasteiger partial charge on any atom is 0.336 e. The van der Waals surface area contributed by atoms with E-state index >= 15 is 0 Å². The van der Waals surface area contributed by atoms with Crippen LogP contribution in [0.25, 0.3) is 0 Å². The quantitative estimate of drug-likeness (QED) is 0.830. The monoisotopic (exact) mass is 371 g/mol. The molecular weight excluding hydrogens is 354 g/mol. The van der Waals surface area contributed by atoms with Crippen LogP contribution >= 0.6 is 11.6 Å². The smallest absolute Gasteiger partial charge is 0.336 e. The van der Waals surface area contributed by atoms with Crippen LogP contribution in [0.3, 0.4) is 0 Å². The third-order valence-electron chi connectivity index (χ3n) is 4.67. The Morgan fingerprint density at radius 2 is 1.50 bits per heavy atom. The van der Waals surface area contributed by atoms with E-state index in [1.807, 2.05) is 0 Å². The van der Waals surface area contributed by atoms with Crippen LogP contribution in [0.1, 0.15) is 43.9 Å². The number of piperidine rings is 1. The van der Waals surface area contributed by atoms with Gasteiger partial charge in [0.25, 0.3) is 5.91 Å². The van der Waals surface area contributed by atoms with E-state index in [2.05, 4.69) is 0 Å². The summed E-state index contributed by atoms with van der Waals surface area (Å²) in [6.07, 6.45) is 1.12. The lowest BCUT2D eigenvalue weighted by Crippen LogP contribution is -2.40. The second kappa shape index (κ2) is 7.70. The summed E-state index contributed by atoms with van der Waals surface area (Å²) < 4.78 is 0. The number of amides is 1. The molecule has 0 spiro atoms. The van der Waals surface area contributed by atoms with Crippen LogP contribution in [0.15, 0.2) is 48.5 Å². The fraction of sp³-hybridized carbons (Fsp3) is 0.250. The molecule has 0 aromatic heterocycles. The Balaban J connectivity index is 1.67. The highest BCUT2D eigenvalue weighted by Crippen LogP contribution is 2.24. The average Bonchev–Trinajstić information content (AvgIpc) is 2.67. The Hall–Kier alpha value is -2.66. The number of aromatic carboxylic acids is 1. The minimum Gasteiger partial charge on any atom is -0.478 e. The molecule has 0 bridgehead atoms. The maximum absolute atomic E-state index is 12.7. The van der Waals surface area contributed by atoms with Gasteiger partial charge in [-0.3, -0.25) is 9.59 Å². The first kappa shape index (κ1) is 18.1. The molecule has 2 aromatic carbocycles. The van der Waals surface area contributed by atoms with Crippen molar-refractivity contribution < 1.29 is 19.5 Å². The Kier molecular flexibility index (Phi) is 5.38. The van der Waals surface area contributed by atoms with Gasteiger partial charge >= 0.3 is 5.97 Å². The number of ketones is 1. The van der Waals surface area contributed by atoms with Crippen molar-refractivity contribution in [3.63, 3.8) is 0 Å². The van der Waals surface area contributed by atoms with Gasteiger partial charge in [0, 0.05) is 29.6 Å². The summed E-state index contributed by atoms with van der Waals surface area (Å²) in [7, 11) is 0. The molecule has 0 aliphatic carbocycles. The first-order valence-corrected chi connectivity index (χ1v) is 8.76. The minimum atomic E-state index is -1.12. The third kappa shape index (κ3) is 3.78. The lowest BCUT2D eigenvalue weighted by atomic mass is 9.88. The fourth-order valence-corrected chi connectivity index (χ4v) is 3.35. The van der Waals surface area contributed by atoms with Crippen LogP contribution in [-0.2, 0) is 0 Å². The molecule has 6 heteroatoms. The zero-order valence-electron chi connectivity index (χ0n) is 14.0. The molecule has 0 atom stereocenters. The summed E-state index contributed by atoms with van der Waals surface area (Å²) in [5, 5.41) is 9.83. The number of Topliss-reactive ketones (excluding diaryl/α,β-unsaturated/α-hetero) is 1. The van der Waals surface area contributed by atoms with Crippen molar-refractivity contribution in [1.82, 2.24) is 4.90 Å². The lowest BCUT2D eigenvalue weighted by Gasteiger charge is -2.31. The molecule has 1 aliphatic rings. The standard InChI is InChI=1S/C20H18ClNO4/c21-15-7-5-13(6-8-15)18(23)14-9-11-22(12-10-14)19(24)16-3-1-2-4-17(16)20(25)26/h1-8,14H,9-12H2,(H,25,26). The van der Waals surface area contributed by atoms with E-state index in [1.54, 1.807) is 41.3 Å². The molecule has 1 saturated heterocycles. The molecule has 2 aromatic rings. The SMILES string of the molecule is O=C(O)c1ccccc1C(=O)N1CCC(C(=O)c2ccc(Cl)cc2)CC1. The van der Waals surface area contributed by atoms with Gasteiger partial charge in [-0.05, 0) is 49.2 Å². The van der Waals surface area contributed by atoms with Crippen molar-refractivity contribution in [2.75, 3.05) is 13.1 Å². The number of carboxylic acid groups (broad SMARTS) is 1. The normalized spacial score (nSPS) is 14.9. The number of halogens is 1. The van der Waals surface area contributed by atoms with Crippen molar-refractivity contribution in [3.8, 4) is 0 Å². The molecular formula is C20H18ClNO4. The highest BCUT2D eigenvalue weighted by Gasteiger charge is 2.29. The molecule has 1 heterocycles. The number of hydrogen-bond acceptors (Lipinski definition) is 3. The summed E-state index contributed by atoms with van der Waals surface area (Å²) >= 11 is 5.85. The highest BCUT2D eigenvalue weighted by molar-refractivity contribution is 6.30. The van der Waals surface area contributed by atoms with E-state index < -0.39 is 5.97 Å². The van der Waals surface area contributed by atoms with Crippen LogP contribution in [-0.4, -0.2) is 40.8 Å². The fourth-order valence-electron chi connectivity index (χ4n) is 3.22. The average molecular weight is 372 g/mol. The van der Waals surface area contributed by atoms with Crippen molar-refractivity contribution in [3.05, 3.63) is 70.2 Å².